The van der Waals surface area contributed by atoms with Crippen LogP contribution >= 0.6 is 0 Å². The van der Waals surface area contributed by atoms with Crippen LogP contribution in [-0.2, 0) is 0 Å². The molecule has 12 heavy (non-hydrogen) atoms. The second-order valence-electron chi connectivity index (χ2n) is 2.95. The molecular weight excluding hydrogens is 154 g/mol. The number of fused-ring (bicyclic) bond motifs is 1. The molecule has 0 radical (unpaired) electrons. The topological polar surface area (TPSA) is 55.5 Å². The van der Waals surface area contributed by atoms with Crippen LogP contribution in [0, 0.1) is 0 Å². The molecular formula is C9H11NO2. The third-order valence-electron chi connectivity index (χ3n) is 2.04. The largest absolute Gasteiger partial charge is 0.493 e. The van der Waals surface area contributed by atoms with E-state index in [0.717, 1.165) is 11.3 Å². The highest BCUT2D eigenvalue weighted by atomic mass is 16.5. The number of aliphatic hydroxyl groups excluding tert-OH is 1. The van der Waals surface area contributed by atoms with Gasteiger partial charge in [0.25, 0.3) is 0 Å². The van der Waals surface area contributed by atoms with Gasteiger partial charge in [-0.05, 0) is 18.2 Å². The summed E-state index contributed by atoms with van der Waals surface area (Å²) in [6.07, 6.45) is 0.230. The van der Waals surface area contributed by atoms with Crippen molar-refractivity contribution in [3.63, 3.8) is 0 Å². The summed E-state index contributed by atoms with van der Waals surface area (Å²) in [5.74, 6) is 0.753. The zero-order valence-electron chi connectivity index (χ0n) is 6.66. The summed E-state index contributed by atoms with van der Waals surface area (Å²) in [7, 11) is 0. The van der Waals surface area contributed by atoms with Gasteiger partial charge in [-0.3, -0.25) is 0 Å². The Hall–Kier alpha value is -1.22. The van der Waals surface area contributed by atoms with Gasteiger partial charge in [-0.1, -0.05) is 0 Å². The van der Waals surface area contributed by atoms with Crippen LogP contribution in [0.2, 0.25) is 0 Å². The molecule has 0 spiro atoms. The Bertz CT molecular complexity index is 299. The lowest BCUT2D eigenvalue weighted by Crippen LogP contribution is -2.13. The smallest absolute Gasteiger partial charge is 0.125 e. The monoisotopic (exact) mass is 165 g/mol. The van der Waals surface area contributed by atoms with Crippen LogP contribution < -0.4 is 10.5 Å². The second-order valence-corrected chi connectivity index (χ2v) is 2.95. The summed E-state index contributed by atoms with van der Waals surface area (Å²) >= 11 is 0. The maximum absolute atomic E-state index is 9.55. The summed E-state index contributed by atoms with van der Waals surface area (Å²) in [6, 6.07) is 5.34. The fourth-order valence-corrected chi connectivity index (χ4v) is 1.39. The molecule has 1 aromatic rings. The maximum atomic E-state index is 9.55. The Morgan fingerprint density at radius 2 is 2.33 bits per heavy atom. The van der Waals surface area contributed by atoms with Crippen molar-refractivity contribution in [3.8, 4) is 5.75 Å². The zero-order chi connectivity index (χ0) is 8.55. The standard InChI is InChI=1S/C9H11NO2/c10-6-1-2-9-7(5-6)8(11)3-4-12-9/h1-2,5,8,11H,3-4,10H2. The average molecular weight is 165 g/mol. The van der Waals surface area contributed by atoms with Gasteiger partial charge >= 0.3 is 0 Å². The molecule has 3 N–H and O–H groups in total. The molecule has 0 bridgehead atoms. The number of anilines is 1. The molecule has 3 heteroatoms. The molecule has 2 rings (SSSR count). The fraction of sp³-hybridized carbons (Fsp3) is 0.333. The molecule has 1 heterocycles. The first kappa shape index (κ1) is 7.43. The first-order chi connectivity index (χ1) is 5.77. The number of nitrogens with two attached hydrogens (primary N) is 1. The molecule has 0 saturated carbocycles. The molecule has 1 unspecified atom stereocenters. The Morgan fingerprint density at radius 1 is 1.50 bits per heavy atom. The molecule has 0 fully saturated rings. The molecule has 0 amide bonds. The van der Waals surface area contributed by atoms with Gasteiger partial charge in [-0.15, -0.1) is 0 Å². The van der Waals surface area contributed by atoms with E-state index in [1.54, 1.807) is 18.2 Å². The number of nitrogen functional groups attached to an aromatic ring is 1. The molecule has 1 atom stereocenters. The van der Waals surface area contributed by atoms with Crippen LogP contribution in [0.4, 0.5) is 5.69 Å². The SMILES string of the molecule is Nc1ccc2c(c1)C(O)CCO2. The van der Waals surface area contributed by atoms with Crippen LogP contribution in [-0.4, -0.2) is 11.7 Å². The second kappa shape index (κ2) is 2.68. The number of aliphatic hydroxyl groups is 1. The fourth-order valence-electron chi connectivity index (χ4n) is 1.39. The summed E-state index contributed by atoms with van der Waals surface area (Å²) in [4.78, 5) is 0. The van der Waals surface area contributed by atoms with E-state index in [1.807, 2.05) is 0 Å². The van der Waals surface area contributed by atoms with Crippen molar-refractivity contribution in [2.45, 2.75) is 12.5 Å². The first-order valence-electron chi connectivity index (χ1n) is 3.97. The van der Waals surface area contributed by atoms with Crippen LogP contribution in [0.5, 0.6) is 5.75 Å². The average Bonchev–Trinajstić information content (AvgIpc) is 2.07. The summed E-state index contributed by atoms with van der Waals surface area (Å²) in [5.41, 5.74) is 7.05. The van der Waals surface area contributed by atoms with Crippen molar-refractivity contribution in [2.75, 3.05) is 12.3 Å². The van der Waals surface area contributed by atoms with E-state index in [1.165, 1.54) is 0 Å². The van der Waals surface area contributed by atoms with E-state index < -0.39 is 6.10 Å². The number of benzene rings is 1. The van der Waals surface area contributed by atoms with E-state index in [0.29, 0.717) is 18.7 Å². The van der Waals surface area contributed by atoms with E-state index in [2.05, 4.69) is 0 Å². The number of hydrogen-bond donors (Lipinski definition) is 2. The molecule has 64 valence electrons. The van der Waals surface area contributed by atoms with Crippen molar-refractivity contribution in [2.24, 2.45) is 0 Å². The zero-order valence-corrected chi connectivity index (χ0v) is 6.66. The number of rotatable bonds is 0. The van der Waals surface area contributed by atoms with Crippen LogP contribution in [0.15, 0.2) is 18.2 Å². The number of hydrogen-bond acceptors (Lipinski definition) is 3. The highest BCUT2D eigenvalue weighted by molar-refractivity contribution is 5.49. The molecule has 1 aliphatic heterocycles. The predicted octanol–water partition coefficient (Wildman–Crippen LogP) is 1.08. The molecule has 3 nitrogen and oxygen atoms in total. The Labute approximate surface area is 70.8 Å². The Morgan fingerprint density at radius 3 is 3.17 bits per heavy atom. The predicted molar refractivity (Wildman–Crippen MR) is 45.9 cm³/mol. The van der Waals surface area contributed by atoms with Crippen molar-refractivity contribution in [1.82, 2.24) is 0 Å². The lowest BCUT2D eigenvalue weighted by Gasteiger charge is -2.21. The van der Waals surface area contributed by atoms with E-state index in [4.69, 9.17) is 10.5 Å². The van der Waals surface area contributed by atoms with Crippen LogP contribution in [0.25, 0.3) is 0 Å². The molecule has 1 aliphatic rings. The van der Waals surface area contributed by atoms with Crippen LogP contribution in [0.3, 0.4) is 0 Å². The minimum Gasteiger partial charge on any atom is -0.493 e. The van der Waals surface area contributed by atoms with Crippen molar-refractivity contribution in [1.29, 1.82) is 0 Å². The molecule has 0 aromatic heterocycles. The van der Waals surface area contributed by atoms with Gasteiger partial charge < -0.3 is 15.6 Å². The van der Waals surface area contributed by atoms with Gasteiger partial charge in [0, 0.05) is 17.7 Å². The van der Waals surface area contributed by atoms with E-state index >= 15 is 0 Å². The van der Waals surface area contributed by atoms with Gasteiger partial charge in [0.05, 0.1) is 12.7 Å². The van der Waals surface area contributed by atoms with Gasteiger partial charge in [-0.25, -0.2) is 0 Å². The third-order valence-corrected chi connectivity index (χ3v) is 2.04. The Balaban J connectivity index is 2.47. The highest BCUT2D eigenvalue weighted by Gasteiger charge is 2.18. The van der Waals surface area contributed by atoms with Gasteiger partial charge in [-0.2, -0.15) is 0 Å². The molecule has 0 aliphatic carbocycles. The van der Waals surface area contributed by atoms with Crippen LogP contribution in [0.1, 0.15) is 18.1 Å². The summed E-state index contributed by atoms with van der Waals surface area (Å²) in [6.45, 7) is 0.581. The van der Waals surface area contributed by atoms with E-state index in [-0.39, 0.29) is 0 Å². The summed E-state index contributed by atoms with van der Waals surface area (Å²) in [5, 5.41) is 9.55. The van der Waals surface area contributed by atoms with E-state index in [9.17, 15) is 5.11 Å². The Kier molecular flexibility index (Phi) is 1.66. The van der Waals surface area contributed by atoms with Crippen molar-refractivity contribution in [3.05, 3.63) is 23.8 Å². The molecule has 1 aromatic carbocycles. The quantitative estimate of drug-likeness (QED) is 0.566. The first-order valence-corrected chi connectivity index (χ1v) is 3.97. The maximum Gasteiger partial charge on any atom is 0.125 e. The lowest BCUT2D eigenvalue weighted by atomic mass is 10.0. The minimum absolute atomic E-state index is 0.419. The van der Waals surface area contributed by atoms with Gasteiger partial charge in [0.1, 0.15) is 5.75 Å². The minimum atomic E-state index is -0.419. The van der Waals surface area contributed by atoms with Crippen molar-refractivity contribution >= 4 is 5.69 Å². The third kappa shape index (κ3) is 1.12. The highest BCUT2D eigenvalue weighted by Crippen LogP contribution is 2.32. The lowest BCUT2D eigenvalue weighted by molar-refractivity contribution is 0.115. The molecule has 0 saturated heterocycles. The normalized spacial score (nSPS) is 21.2. The number of ether oxygens (including phenoxy) is 1. The van der Waals surface area contributed by atoms with Gasteiger partial charge in [0.15, 0.2) is 0 Å². The summed E-state index contributed by atoms with van der Waals surface area (Å²) < 4.78 is 5.33. The van der Waals surface area contributed by atoms with Gasteiger partial charge in [0.2, 0.25) is 0 Å². The van der Waals surface area contributed by atoms with Crippen molar-refractivity contribution < 1.29 is 9.84 Å².